The zero-order valence-corrected chi connectivity index (χ0v) is 10.1. The Kier molecular flexibility index (Phi) is 3.92. The topological polar surface area (TPSA) is 78.2 Å². The lowest BCUT2D eigenvalue weighted by Crippen LogP contribution is -2.01. The highest BCUT2D eigenvalue weighted by atomic mass is 35.7. The summed E-state index contributed by atoms with van der Waals surface area (Å²) in [6.45, 7) is 1.46. The number of hydrogen-bond acceptors (Lipinski definition) is 4. The Morgan fingerprint density at radius 3 is 2.44 bits per heavy atom. The zero-order valence-electron chi connectivity index (χ0n) is 8.57. The smallest absolute Gasteiger partial charge is 0.261 e. The molecule has 86 valence electrons. The monoisotopic (exact) mass is 259 g/mol. The van der Waals surface area contributed by atoms with E-state index in [4.69, 9.17) is 21.1 Å². The van der Waals surface area contributed by atoms with E-state index in [1.165, 1.54) is 12.1 Å². The maximum Gasteiger partial charge on any atom is 0.261 e. The van der Waals surface area contributed by atoms with Gasteiger partial charge in [0.05, 0.1) is 23.1 Å². The lowest BCUT2D eigenvalue weighted by atomic mass is 10.0. The Bertz CT molecular complexity index is 546. The molecule has 0 spiro atoms. The van der Waals surface area contributed by atoms with Gasteiger partial charge in [-0.1, -0.05) is 13.0 Å². The summed E-state index contributed by atoms with van der Waals surface area (Å²) in [6, 6.07) is 4.52. The van der Waals surface area contributed by atoms with Crippen molar-refractivity contribution in [2.45, 2.75) is 24.8 Å². The Morgan fingerprint density at radius 2 is 2.06 bits per heavy atom. The predicted molar refractivity (Wildman–Crippen MR) is 59.5 cm³/mol. The molecule has 0 unspecified atom stereocenters. The van der Waals surface area contributed by atoms with Crippen molar-refractivity contribution >= 4 is 19.7 Å². The van der Waals surface area contributed by atoms with E-state index in [2.05, 4.69) is 0 Å². The summed E-state index contributed by atoms with van der Waals surface area (Å²) in [5, 5.41) is 17.8. The molecule has 0 fully saturated rings. The van der Waals surface area contributed by atoms with Crippen LogP contribution in [0.4, 0.5) is 0 Å². The van der Waals surface area contributed by atoms with Gasteiger partial charge in [-0.15, -0.1) is 0 Å². The minimum absolute atomic E-state index is 0.0644. The molecule has 1 aromatic carbocycles. The van der Waals surface area contributed by atoms with E-state index in [-0.39, 0.29) is 17.1 Å². The molecule has 0 saturated heterocycles. The van der Waals surface area contributed by atoms with Gasteiger partial charge in [-0.05, 0) is 23.6 Å². The summed E-state index contributed by atoms with van der Waals surface area (Å²) in [7, 11) is 1.40. The lowest BCUT2D eigenvalue weighted by Gasteiger charge is -2.08. The molecule has 0 amide bonds. The van der Waals surface area contributed by atoms with Crippen molar-refractivity contribution in [1.29, 1.82) is 5.26 Å². The van der Waals surface area contributed by atoms with Crippen LogP contribution in [0.5, 0.6) is 0 Å². The van der Waals surface area contributed by atoms with Crippen molar-refractivity contribution in [3.8, 4) is 6.07 Å². The third-order valence-corrected chi connectivity index (χ3v) is 3.62. The highest BCUT2D eigenvalue weighted by molar-refractivity contribution is 8.13. The lowest BCUT2D eigenvalue weighted by molar-refractivity contribution is 0.281. The van der Waals surface area contributed by atoms with E-state index in [1.807, 2.05) is 6.07 Å². The van der Waals surface area contributed by atoms with Crippen LogP contribution in [0.2, 0.25) is 0 Å². The zero-order chi connectivity index (χ0) is 12.3. The van der Waals surface area contributed by atoms with Crippen molar-refractivity contribution < 1.29 is 13.5 Å². The summed E-state index contributed by atoms with van der Waals surface area (Å²) >= 11 is 0. The molecule has 4 nitrogen and oxygen atoms in total. The number of aliphatic hydroxyl groups excluding tert-OH is 1. The van der Waals surface area contributed by atoms with Gasteiger partial charge in [0.15, 0.2) is 0 Å². The summed E-state index contributed by atoms with van der Waals surface area (Å²) in [4.78, 5) is -0.0644. The molecule has 0 aliphatic carbocycles. The summed E-state index contributed by atoms with van der Waals surface area (Å²) in [6.07, 6.45) is 0.458. The molecule has 0 saturated carbocycles. The van der Waals surface area contributed by atoms with Crippen LogP contribution >= 0.6 is 10.7 Å². The first-order chi connectivity index (χ1) is 7.43. The minimum atomic E-state index is -3.86. The Balaban J connectivity index is 3.58. The molecular weight excluding hydrogens is 250 g/mol. The van der Waals surface area contributed by atoms with E-state index in [9.17, 15) is 8.42 Å². The Hall–Kier alpha value is -1.09. The highest BCUT2D eigenvalue weighted by Crippen LogP contribution is 2.24. The fourth-order valence-electron chi connectivity index (χ4n) is 1.41. The van der Waals surface area contributed by atoms with E-state index in [0.717, 1.165) is 0 Å². The molecule has 0 atom stereocenters. The van der Waals surface area contributed by atoms with Gasteiger partial charge in [0.1, 0.15) is 0 Å². The molecule has 0 aliphatic rings. The number of aryl methyl sites for hydroxylation is 1. The molecule has 16 heavy (non-hydrogen) atoms. The van der Waals surface area contributed by atoms with Gasteiger partial charge >= 0.3 is 0 Å². The predicted octanol–water partition coefficient (Wildman–Crippen LogP) is 1.54. The highest BCUT2D eigenvalue weighted by Gasteiger charge is 2.17. The Morgan fingerprint density at radius 1 is 1.44 bits per heavy atom. The molecule has 6 heteroatoms. The fraction of sp³-hybridized carbons (Fsp3) is 0.300. The molecule has 0 radical (unpaired) electrons. The quantitative estimate of drug-likeness (QED) is 0.835. The Labute approximate surface area is 98.5 Å². The van der Waals surface area contributed by atoms with Gasteiger partial charge in [0, 0.05) is 10.7 Å². The number of nitriles is 1. The summed E-state index contributed by atoms with van der Waals surface area (Å²) < 4.78 is 22.5. The number of halogens is 1. The van der Waals surface area contributed by atoms with Crippen molar-refractivity contribution in [3.05, 3.63) is 28.8 Å². The molecule has 0 heterocycles. The van der Waals surface area contributed by atoms with Gasteiger partial charge in [-0.25, -0.2) is 8.42 Å². The van der Waals surface area contributed by atoms with Crippen LogP contribution in [0.25, 0.3) is 0 Å². The summed E-state index contributed by atoms with van der Waals surface area (Å²) in [5.41, 5.74) is 1.03. The second kappa shape index (κ2) is 4.83. The first-order valence-corrected chi connectivity index (χ1v) is 6.86. The first-order valence-electron chi connectivity index (χ1n) is 4.55. The molecule has 0 aromatic heterocycles. The van der Waals surface area contributed by atoms with E-state index in [1.54, 1.807) is 6.92 Å². The van der Waals surface area contributed by atoms with Gasteiger partial charge in [0.2, 0.25) is 0 Å². The summed E-state index contributed by atoms with van der Waals surface area (Å²) in [5.74, 6) is 0. The van der Waals surface area contributed by atoms with Crippen LogP contribution < -0.4 is 0 Å². The number of benzene rings is 1. The molecular formula is C10H10ClNO3S. The van der Waals surface area contributed by atoms with Crippen LogP contribution in [-0.4, -0.2) is 13.5 Å². The van der Waals surface area contributed by atoms with Crippen LogP contribution in [0.3, 0.4) is 0 Å². The van der Waals surface area contributed by atoms with E-state index in [0.29, 0.717) is 17.5 Å². The third-order valence-electron chi connectivity index (χ3n) is 2.22. The van der Waals surface area contributed by atoms with Crippen molar-refractivity contribution in [2.75, 3.05) is 0 Å². The van der Waals surface area contributed by atoms with Crippen LogP contribution in [0, 0.1) is 11.3 Å². The van der Waals surface area contributed by atoms with Gasteiger partial charge < -0.3 is 5.11 Å². The molecule has 1 N–H and O–H groups in total. The number of aliphatic hydroxyl groups is 1. The maximum absolute atomic E-state index is 11.3. The molecule has 0 bridgehead atoms. The molecule has 1 aromatic rings. The minimum Gasteiger partial charge on any atom is -0.392 e. The number of nitrogens with zero attached hydrogens (tertiary/aromatic N) is 1. The van der Waals surface area contributed by atoms with Gasteiger partial charge in [0.25, 0.3) is 9.05 Å². The van der Waals surface area contributed by atoms with Crippen LogP contribution in [0.1, 0.15) is 23.6 Å². The normalized spacial score (nSPS) is 11.1. The first kappa shape index (κ1) is 13.0. The van der Waals surface area contributed by atoms with Gasteiger partial charge in [-0.3, -0.25) is 0 Å². The van der Waals surface area contributed by atoms with Crippen molar-refractivity contribution in [3.63, 3.8) is 0 Å². The second-order valence-corrected chi connectivity index (χ2v) is 5.71. The largest absolute Gasteiger partial charge is 0.392 e. The van der Waals surface area contributed by atoms with Crippen LogP contribution in [-0.2, 0) is 22.1 Å². The fourth-order valence-corrected chi connectivity index (χ4v) is 2.62. The standard InChI is InChI=1S/C10H10ClNO3S/c1-2-7-3-9(6-13)8(5-12)4-10(7)16(11,14)15/h3-4,13H,2,6H2,1H3. The third kappa shape index (κ3) is 2.53. The van der Waals surface area contributed by atoms with E-state index < -0.39 is 9.05 Å². The van der Waals surface area contributed by atoms with Crippen LogP contribution in [0.15, 0.2) is 17.0 Å². The maximum atomic E-state index is 11.3. The average Bonchev–Trinajstić information content (AvgIpc) is 2.25. The average molecular weight is 260 g/mol. The van der Waals surface area contributed by atoms with Gasteiger partial charge in [-0.2, -0.15) is 5.26 Å². The van der Waals surface area contributed by atoms with Crippen molar-refractivity contribution in [2.24, 2.45) is 0 Å². The number of rotatable bonds is 3. The second-order valence-electron chi connectivity index (χ2n) is 3.18. The molecule has 0 aliphatic heterocycles. The number of hydrogen-bond donors (Lipinski definition) is 1. The molecule has 1 rings (SSSR count). The van der Waals surface area contributed by atoms with Crippen molar-refractivity contribution in [1.82, 2.24) is 0 Å². The van der Waals surface area contributed by atoms with E-state index >= 15 is 0 Å². The SMILES string of the molecule is CCc1cc(CO)c(C#N)cc1S(=O)(=O)Cl.